The summed E-state index contributed by atoms with van der Waals surface area (Å²) in [6, 6.07) is 6.94. The maximum atomic E-state index is 13.3. The number of hydrogen-bond donors (Lipinski definition) is 1. The van der Waals surface area contributed by atoms with Gasteiger partial charge in [0.1, 0.15) is 5.82 Å². The number of guanidine groups is 1. The Morgan fingerprint density at radius 2 is 1.85 bits per heavy atom. The standard InChI is InChI=1S/C20H26FN5S/c21-17-5-3-16(4-6-17)20(7-1-2-8-20)15-24-18(22)25-10-12-26(13-11-25)19-23-9-14-27-19/h3-6,9,14H,1-2,7-8,10-13,15H2,(H2,22,24). The summed E-state index contributed by atoms with van der Waals surface area (Å²) in [4.78, 5) is 13.6. The fourth-order valence-electron chi connectivity index (χ4n) is 4.22. The van der Waals surface area contributed by atoms with Crippen molar-refractivity contribution in [1.82, 2.24) is 9.88 Å². The minimum Gasteiger partial charge on any atom is -0.370 e. The van der Waals surface area contributed by atoms with Crippen molar-refractivity contribution in [1.29, 1.82) is 0 Å². The number of piperazine rings is 1. The molecule has 1 aromatic heterocycles. The zero-order valence-corrected chi connectivity index (χ0v) is 16.3. The monoisotopic (exact) mass is 387 g/mol. The van der Waals surface area contributed by atoms with Crippen LogP contribution >= 0.6 is 11.3 Å². The molecule has 27 heavy (non-hydrogen) atoms. The van der Waals surface area contributed by atoms with E-state index in [0.29, 0.717) is 12.5 Å². The predicted molar refractivity (Wildman–Crippen MR) is 109 cm³/mol. The number of nitrogens with zero attached hydrogens (tertiary/aromatic N) is 4. The molecule has 0 unspecified atom stereocenters. The topological polar surface area (TPSA) is 57.8 Å². The molecule has 1 aliphatic carbocycles. The Bertz CT molecular complexity index is 760. The Morgan fingerprint density at radius 3 is 2.48 bits per heavy atom. The molecule has 4 rings (SSSR count). The van der Waals surface area contributed by atoms with Crippen molar-refractivity contribution in [2.45, 2.75) is 31.1 Å². The highest BCUT2D eigenvalue weighted by Crippen LogP contribution is 2.41. The average molecular weight is 388 g/mol. The molecular weight excluding hydrogens is 361 g/mol. The molecular formula is C20H26FN5S. The van der Waals surface area contributed by atoms with Crippen molar-refractivity contribution in [2.75, 3.05) is 37.6 Å². The van der Waals surface area contributed by atoms with Crippen molar-refractivity contribution in [3.8, 4) is 0 Å². The van der Waals surface area contributed by atoms with Crippen LogP contribution < -0.4 is 10.6 Å². The van der Waals surface area contributed by atoms with E-state index in [1.807, 2.05) is 23.7 Å². The molecule has 2 aliphatic rings. The van der Waals surface area contributed by atoms with Crippen LogP contribution in [0.4, 0.5) is 9.52 Å². The van der Waals surface area contributed by atoms with Crippen molar-refractivity contribution in [3.63, 3.8) is 0 Å². The molecule has 1 saturated heterocycles. The highest BCUT2D eigenvalue weighted by molar-refractivity contribution is 7.13. The van der Waals surface area contributed by atoms with Gasteiger partial charge in [-0.05, 0) is 30.5 Å². The summed E-state index contributed by atoms with van der Waals surface area (Å²) in [5.41, 5.74) is 7.52. The van der Waals surface area contributed by atoms with E-state index in [9.17, 15) is 4.39 Å². The van der Waals surface area contributed by atoms with E-state index in [2.05, 4.69) is 14.8 Å². The van der Waals surface area contributed by atoms with Crippen LogP contribution in [0.5, 0.6) is 0 Å². The average Bonchev–Trinajstić information content (AvgIpc) is 3.40. The lowest BCUT2D eigenvalue weighted by Crippen LogP contribution is -2.51. The number of anilines is 1. The van der Waals surface area contributed by atoms with E-state index in [4.69, 9.17) is 10.7 Å². The molecule has 0 bridgehead atoms. The van der Waals surface area contributed by atoms with Gasteiger partial charge >= 0.3 is 0 Å². The molecule has 1 aliphatic heterocycles. The minimum absolute atomic E-state index is 0.00102. The van der Waals surface area contributed by atoms with Crippen LogP contribution in [0, 0.1) is 5.82 Å². The minimum atomic E-state index is -0.187. The van der Waals surface area contributed by atoms with E-state index in [-0.39, 0.29) is 11.2 Å². The Kier molecular flexibility index (Phi) is 5.29. The molecule has 2 N–H and O–H groups in total. The summed E-state index contributed by atoms with van der Waals surface area (Å²) in [5, 5.41) is 3.08. The normalized spacial score (nSPS) is 20.3. The zero-order chi connectivity index (χ0) is 18.7. The first-order valence-electron chi connectivity index (χ1n) is 9.62. The lowest BCUT2D eigenvalue weighted by atomic mass is 9.79. The predicted octanol–water partition coefficient (Wildman–Crippen LogP) is 3.23. The number of aromatic nitrogens is 1. The first kappa shape index (κ1) is 18.2. The molecule has 2 fully saturated rings. The molecule has 1 saturated carbocycles. The summed E-state index contributed by atoms with van der Waals surface area (Å²) in [6.45, 7) is 4.22. The third kappa shape index (κ3) is 3.93. The quantitative estimate of drug-likeness (QED) is 0.646. The van der Waals surface area contributed by atoms with Gasteiger partial charge in [-0.2, -0.15) is 0 Å². The largest absolute Gasteiger partial charge is 0.370 e. The number of hydrogen-bond acceptors (Lipinski definition) is 4. The Morgan fingerprint density at radius 1 is 1.15 bits per heavy atom. The molecule has 0 radical (unpaired) electrons. The first-order chi connectivity index (χ1) is 13.2. The Balaban J connectivity index is 1.41. The molecule has 2 aromatic rings. The van der Waals surface area contributed by atoms with E-state index in [1.165, 1.54) is 18.4 Å². The second-order valence-electron chi connectivity index (χ2n) is 7.46. The highest BCUT2D eigenvalue weighted by atomic mass is 32.1. The van der Waals surface area contributed by atoms with Crippen molar-refractivity contribution >= 4 is 22.4 Å². The zero-order valence-electron chi connectivity index (χ0n) is 15.5. The van der Waals surface area contributed by atoms with Gasteiger partial charge in [0.2, 0.25) is 0 Å². The summed E-state index contributed by atoms with van der Waals surface area (Å²) < 4.78 is 13.3. The molecule has 144 valence electrons. The second kappa shape index (κ2) is 7.84. The van der Waals surface area contributed by atoms with Gasteiger partial charge in [0.25, 0.3) is 0 Å². The molecule has 5 nitrogen and oxygen atoms in total. The Hall–Kier alpha value is -2.15. The summed E-state index contributed by atoms with van der Waals surface area (Å²) in [6.07, 6.45) is 6.41. The molecule has 0 atom stereocenters. The van der Waals surface area contributed by atoms with Crippen molar-refractivity contribution in [2.24, 2.45) is 10.7 Å². The van der Waals surface area contributed by atoms with Crippen LogP contribution in [0.2, 0.25) is 0 Å². The van der Waals surface area contributed by atoms with Crippen LogP contribution in [-0.4, -0.2) is 48.6 Å². The van der Waals surface area contributed by atoms with Crippen LogP contribution in [0.25, 0.3) is 0 Å². The van der Waals surface area contributed by atoms with Gasteiger partial charge < -0.3 is 15.5 Å². The third-order valence-corrected chi connectivity index (χ3v) is 6.69. The van der Waals surface area contributed by atoms with Gasteiger partial charge in [-0.25, -0.2) is 9.37 Å². The number of rotatable bonds is 4. The van der Waals surface area contributed by atoms with Gasteiger partial charge in [0, 0.05) is 43.2 Å². The van der Waals surface area contributed by atoms with Crippen LogP contribution in [0.15, 0.2) is 40.8 Å². The first-order valence-corrected chi connectivity index (χ1v) is 10.5. The second-order valence-corrected chi connectivity index (χ2v) is 8.33. The summed E-state index contributed by atoms with van der Waals surface area (Å²) >= 11 is 1.67. The van der Waals surface area contributed by atoms with E-state index < -0.39 is 0 Å². The van der Waals surface area contributed by atoms with Gasteiger partial charge in [-0.1, -0.05) is 25.0 Å². The maximum absolute atomic E-state index is 13.3. The third-order valence-electron chi connectivity index (χ3n) is 5.85. The lowest BCUT2D eigenvalue weighted by molar-refractivity contribution is 0.376. The van der Waals surface area contributed by atoms with Crippen LogP contribution in [-0.2, 0) is 5.41 Å². The highest BCUT2D eigenvalue weighted by Gasteiger charge is 2.35. The lowest BCUT2D eigenvalue weighted by Gasteiger charge is -2.35. The van der Waals surface area contributed by atoms with Gasteiger partial charge in [0.15, 0.2) is 11.1 Å². The number of thiazole rings is 1. The van der Waals surface area contributed by atoms with E-state index in [1.54, 1.807) is 23.5 Å². The molecule has 7 heteroatoms. The molecule has 0 spiro atoms. The van der Waals surface area contributed by atoms with E-state index in [0.717, 1.165) is 44.2 Å². The fraction of sp³-hybridized carbons (Fsp3) is 0.500. The number of halogens is 1. The van der Waals surface area contributed by atoms with Crippen LogP contribution in [0.3, 0.4) is 0 Å². The van der Waals surface area contributed by atoms with Gasteiger partial charge in [-0.3, -0.25) is 4.99 Å². The van der Waals surface area contributed by atoms with Crippen molar-refractivity contribution < 1.29 is 4.39 Å². The van der Waals surface area contributed by atoms with Gasteiger partial charge in [0.05, 0.1) is 6.54 Å². The van der Waals surface area contributed by atoms with Crippen LogP contribution in [0.1, 0.15) is 31.2 Å². The van der Waals surface area contributed by atoms with E-state index >= 15 is 0 Å². The smallest absolute Gasteiger partial charge is 0.191 e. The van der Waals surface area contributed by atoms with Gasteiger partial charge in [-0.15, -0.1) is 11.3 Å². The summed E-state index contributed by atoms with van der Waals surface area (Å²) in [5.74, 6) is 0.440. The number of aliphatic imine (C=N–C) groups is 1. The fourth-order valence-corrected chi connectivity index (χ4v) is 4.92. The number of benzene rings is 1. The Labute approximate surface area is 163 Å². The SMILES string of the molecule is NC(=NCC1(c2ccc(F)cc2)CCCC1)N1CCN(c2nccs2)CC1. The maximum Gasteiger partial charge on any atom is 0.191 e. The molecule has 2 heterocycles. The number of nitrogens with two attached hydrogens (primary N) is 1. The van der Waals surface area contributed by atoms with Crippen molar-refractivity contribution in [3.05, 3.63) is 47.2 Å². The summed E-state index contributed by atoms with van der Waals surface area (Å²) in [7, 11) is 0. The molecule has 0 amide bonds. The molecule has 1 aromatic carbocycles.